The molecule has 3 N–H and O–H groups in total. The summed E-state index contributed by atoms with van der Waals surface area (Å²) in [6.45, 7) is 0.327. The van der Waals surface area contributed by atoms with Crippen molar-refractivity contribution in [1.29, 1.82) is 0 Å². The van der Waals surface area contributed by atoms with Crippen molar-refractivity contribution in [2.75, 3.05) is 5.32 Å². The van der Waals surface area contributed by atoms with E-state index in [1.165, 1.54) is 12.8 Å². The van der Waals surface area contributed by atoms with Gasteiger partial charge < -0.3 is 20.5 Å². The van der Waals surface area contributed by atoms with Crippen LogP contribution in [-0.4, -0.2) is 17.2 Å². The highest BCUT2D eigenvalue weighted by atomic mass is 16.5. The number of carbonyl (C=O) groups is 1. The Labute approximate surface area is 148 Å². The molecular weight excluding hydrogens is 316 g/mol. The summed E-state index contributed by atoms with van der Waals surface area (Å²) >= 11 is 0. The molecule has 1 aliphatic carbocycles. The van der Waals surface area contributed by atoms with Gasteiger partial charge in [0, 0.05) is 12.2 Å². The molecular formula is C20H24N2O3. The molecule has 5 nitrogen and oxygen atoms in total. The fourth-order valence-electron chi connectivity index (χ4n) is 3.05. The van der Waals surface area contributed by atoms with Gasteiger partial charge in [-0.2, -0.15) is 0 Å². The van der Waals surface area contributed by atoms with Crippen LogP contribution in [0, 0.1) is 0 Å². The van der Waals surface area contributed by atoms with Gasteiger partial charge in [-0.05, 0) is 61.1 Å². The SMILES string of the molecule is O=C(NCc1ccccc1CO)Nc1ccc(OC2CCCC2)cc1. The standard InChI is InChI=1S/C20H24N2O3/c23-14-16-6-2-1-5-15(16)13-21-20(24)22-17-9-11-19(12-10-17)25-18-7-3-4-8-18/h1-2,5-6,9-12,18,23H,3-4,7-8,13-14H2,(H2,21,22,24). The molecule has 1 fully saturated rings. The van der Waals surface area contributed by atoms with E-state index in [4.69, 9.17) is 4.74 Å². The van der Waals surface area contributed by atoms with E-state index < -0.39 is 0 Å². The third-order valence-corrected chi connectivity index (χ3v) is 4.45. The molecule has 0 atom stereocenters. The van der Waals surface area contributed by atoms with Crippen molar-refractivity contribution >= 4 is 11.7 Å². The molecule has 132 valence electrons. The molecule has 1 saturated carbocycles. The quantitative estimate of drug-likeness (QED) is 0.748. The minimum absolute atomic E-state index is 0.0398. The zero-order chi connectivity index (χ0) is 17.5. The smallest absolute Gasteiger partial charge is 0.319 e. The van der Waals surface area contributed by atoms with Gasteiger partial charge >= 0.3 is 6.03 Å². The lowest BCUT2D eigenvalue weighted by molar-refractivity contribution is 0.210. The van der Waals surface area contributed by atoms with Gasteiger partial charge in [-0.1, -0.05) is 24.3 Å². The number of benzene rings is 2. The molecule has 2 amide bonds. The molecule has 0 unspecified atom stereocenters. The maximum absolute atomic E-state index is 12.0. The van der Waals surface area contributed by atoms with Gasteiger partial charge in [0.1, 0.15) is 5.75 Å². The van der Waals surface area contributed by atoms with Crippen LogP contribution in [0.5, 0.6) is 5.75 Å². The third kappa shape index (κ3) is 4.97. The van der Waals surface area contributed by atoms with Gasteiger partial charge in [0.15, 0.2) is 0 Å². The number of nitrogens with one attached hydrogen (secondary N) is 2. The molecule has 0 spiro atoms. The summed E-state index contributed by atoms with van der Waals surface area (Å²) in [4.78, 5) is 12.0. The summed E-state index contributed by atoms with van der Waals surface area (Å²) in [5.41, 5.74) is 2.43. The fourth-order valence-corrected chi connectivity index (χ4v) is 3.05. The molecule has 0 heterocycles. The van der Waals surface area contributed by atoms with Crippen molar-refractivity contribution in [3.8, 4) is 5.75 Å². The first-order valence-corrected chi connectivity index (χ1v) is 8.74. The number of anilines is 1. The highest BCUT2D eigenvalue weighted by Crippen LogP contribution is 2.25. The Hall–Kier alpha value is -2.53. The van der Waals surface area contributed by atoms with Crippen LogP contribution >= 0.6 is 0 Å². The molecule has 2 aromatic rings. The Balaban J connectivity index is 1.49. The predicted molar refractivity (Wildman–Crippen MR) is 97.5 cm³/mol. The molecule has 0 saturated heterocycles. The van der Waals surface area contributed by atoms with E-state index >= 15 is 0 Å². The monoisotopic (exact) mass is 340 g/mol. The van der Waals surface area contributed by atoms with E-state index in [1.807, 2.05) is 48.5 Å². The van der Waals surface area contributed by atoms with Crippen LogP contribution in [0.1, 0.15) is 36.8 Å². The van der Waals surface area contributed by atoms with Crippen LogP contribution in [-0.2, 0) is 13.2 Å². The number of hydrogen-bond acceptors (Lipinski definition) is 3. The molecule has 0 bridgehead atoms. The summed E-state index contributed by atoms with van der Waals surface area (Å²) in [5.74, 6) is 0.842. The zero-order valence-electron chi connectivity index (χ0n) is 14.2. The molecule has 2 aromatic carbocycles. The van der Waals surface area contributed by atoms with E-state index in [-0.39, 0.29) is 12.6 Å². The molecule has 0 aliphatic heterocycles. The second-order valence-corrected chi connectivity index (χ2v) is 6.28. The number of amides is 2. The van der Waals surface area contributed by atoms with Crippen LogP contribution in [0.2, 0.25) is 0 Å². The van der Waals surface area contributed by atoms with Gasteiger partial charge in [-0.15, -0.1) is 0 Å². The summed E-state index contributed by atoms with van der Waals surface area (Å²) in [6, 6.07) is 14.7. The van der Waals surface area contributed by atoms with E-state index in [9.17, 15) is 9.90 Å². The molecule has 0 aromatic heterocycles. The molecule has 25 heavy (non-hydrogen) atoms. The van der Waals surface area contributed by atoms with Crippen molar-refractivity contribution in [2.45, 2.75) is 44.9 Å². The maximum atomic E-state index is 12.0. The van der Waals surface area contributed by atoms with Crippen LogP contribution < -0.4 is 15.4 Å². The number of aliphatic hydroxyl groups excluding tert-OH is 1. The largest absolute Gasteiger partial charge is 0.490 e. The van der Waals surface area contributed by atoms with Crippen molar-refractivity contribution in [2.24, 2.45) is 0 Å². The summed E-state index contributed by atoms with van der Waals surface area (Å²) < 4.78 is 5.91. The summed E-state index contributed by atoms with van der Waals surface area (Å²) in [7, 11) is 0. The van der Waals surface area contributed by atoms with Crippen LogP contribution in [0.4, 0.5) is 10.5 Å². The van der Waals surface area contributed by atoms with Gasteiger partial charge in [0.25, 0.3) is 0 Å². The van der Waals surface area contributed by atoms with Crippen molar-refractivity contribution in [3.05, 3.63) is 59.7 Å². The normalized spacial score (nSPS) is 14.3. The Morgan fingerprint density at radius 3 is 2.40 bits per heavy atom. The lowest BCUT2D eigenvalue weighted by Gasteiger charge is -2.14. The topological polar surface area (TPSA) is 70.6 Å². The fraction of sp³-hybridized carbons (Fsp3) is 0.350. The maximum Gasteiger partial charge on any atom is 0.319 e. The molecule has 3 rings (SSSR count). The van der Waals surface area contributed by atoms with Crippen molar-refractivity contribution in [3.63, 3.8) is 0 Å². The number of hydrogen-bond donors (Lipinski definition) is 3. The second kappa shape index (κ2) is 8.53. The Kier molecular flexibility index (Phi) is 5.90. The lowest BCUT2D eigenvalue weighted by Crippen LogP contribution is -2.28. The van der Waals surface area contributed by atoms with E-state index in [1.54, 1.807) is 0 Å². The number of rotatable bonds is 6. The predicted octanol–water partition coefficient (Wildman–Crippen LogP) is 3.82. The highest BCUT2D eigenvalue weighted by molar-refractivity contribution is 5.89. The first-order chi connectivity index (χ1) is 12.2. The highest BCUT2D eigenvalue weighted by Gasteiger charge is 2.16. The minimum Gasteiger partial charge on any atom is -0.490 e. The van der Waals surface area contributed by atoms with Gasteiger partial charge in [0.2, 0.25) is 0 Å². The van der Waals surface area contributed by atoms with Gasteiger partial charge in [-0.3, -0.25) is 0 Å². The van der Waals surface area contributed by atoms with Crippen molar-refractivity contribution in [1.82, 2.24) is 5.32 Å². The second-order valence-electron chi connectivity index (χ2n) is 6.28. The van der Waals surface area contributed by atoms with Crippen LogP contribution in [0.3, 0.4) is 0 Å². The van der Waals surface area contributed by atoms with E-state index in [0.717, 1.165) is 29.7 Å². The lowest BCUT2D eigenvalue weighted by atomic mass is 10.1. The third-order valence-electron chi connectivity index (χ3n) is 4.45. The van der Waals surface area contributed by atoms with Crippen LogP contribution in [0.15, 0.2) is 48.5 Å². The first-order valence-electron chi connectivity index (χ1n) is 8.74. The first kappa shape index (κ1) is 17.3. The Bertz CT molecular complexity index is 694. The summed E-state index contributed by atoms with van der Waals surface area (Å²) in [6.07, 6.45) is 5.05. The Morgan fingerprint density at radius 2 is 1.72 bits per heavy atom. The van der Waals surface area contributed by atoms with Crippen molar-refractivity contribution < 1.29 is 14.6 Å². The number of aliphatic hydroxyl groups is 1. The van der Waals surface area contributed by atoms with Gasteiger partial charge in [-0.25, -0.2) is 4.79 Å². The van der Waals surface area contributed by atoms with E-state index in [2.05, 4.69) is 10.6 Å². The van der Waals surface area contributed by atoms with E-state index in [0.29, 0.717) is 18.3 Å². The number of urea groups is 1. The number of ether oxygens (including phenoxy) is 1. The molecule has 5 heteroatoms. The molecule has 1 aliphatic rings. The zero-order valence-corrected chi connectivity index (χ0v) is 14.2. The molecule has 0 radical (unpaired) electrons. The average Bonchev–Trinajstić information content (AvgIpc) is 3.15. The Morgan fingerprint density at radius 1 is 1.04 bits per heavy atom. The minimum atomic E-state index is -0.280. The average molecular weight is 340 g/mol. The van der Waals surface area contributed by atoms with Crippen LogP contribution in [0.25, 0.3) is 0 Å². The number of carbonyl (C=O) groups excluding carboxylic acids is 1. The van der Waals surface area contributed by atoms with Gasteiger partial charge in [0.05, 0.1) is 12.7 Å². The summed E-state index contributed by atoms with van der Waals surface area (Å²) in [5, 5.41) is 14.9.